The van der Waals surface area contributed by atoms with E-state index in [0.717, 1.165) is 24.3 Å². The summed E-state index contributed by atoms with van der Waals surface area (Å²) in [5.41, 5.74) is 1.32. The largest absolute Gasteiger partial charge is 0.206 e. The molecular weight excluding hydrogens is 374 g/mol. The average Bonchev–Trinajstić information content (AvgIpc) is 2.68. The van der Waals surface area contributed by atoms with Crippen molar-refractivity contribution in [2.45, 2.75) is 71.1 Å². The van der Waals surface area contributed by atoms with Gasteiger partial charge in [-0.25, -0.2) is 8.78 Å². The van der Waals surface area contributed by atoms with Gasteiger partial charge < -0.3 is 0 Å². The Morgan fingerprint density at radius 1 is 0.857 bits per heavy atom. The first kappa shape index (κ1) is 21.3. The molecule has 152 valence electrons. The third-order valence-corrected chi connectivity index (χ3v) is 6.51. The molecule has 1 fully saturated rings. The van der Waals surface area contributed by atoms with Crippen molar-refractivity contribution in [2.75, 3.05) is 0 Å². The predicted molar refractivity (Wildman–Crippen MR) is 115 cm³/mol. The van der Waals surface area contributed by atoms with Crippen LogP contribution in [0.4, 0.5) is 8.78 Å². The zero-order valence-electron chi connectivity index (χ0n) is 16.8. The Hall–Kier alpha value is -1.41. The summed E-state index contributed by atoms with van der Waals surface area (Å²) in [5.74, 6) is 0.620. The third-order valence-electron chi connectivity index (χ3n) is 6.26. The Balaban J connectivity index is 1.54. The molecule has 0 atom stereocenters. The Labute approximate surface area is 173 Å². The van der Waals surface area contributed by atoms with Gasteiger partial charge in [-0.3, -0.25) is 0 Å². The standard InChI is InChI=1S/C25H31ClF2/c1-2-3-4-5-18-6-8-19(9-7-18)10-11-20-16-23(27)25(24(28)17-20)21-12-14-22(26)15-13-21/h12-19H,2-11H2,1H3. The molecule has 1 aliphatic rings. The van der Waals surface area contributed by atoms with Crippen LogP contribution in [-0.2, 0) is 6.42 Å². The molecule has 28 heavy (non-hydrogen) atoms. The Morgan fingerprint density at radius 2 is 1.43 bits per heavy atom. The number of benzene rings is 2. The van der Waals surface area contributed by atoms with Crippen molar-refractivity contribution in [1.82, 2.24) is 0 Å². The molecule has 0 bridgehead atoms. The van der Waals surface area contributed by atoms with Gasteiger partial charge in [-0.1, -0.05) is 82.0 Å². The molecule has 0 spiro atoms. The van der Waals surface area contributed by atoms with E-state index in [4.69, 9.17) is 11.6 Å². The second-order valence-corrected chi connectivity index (χ2v) is 8.80. The Bertz CT molecular complexity index is 723. The van der Waals surface area contributed by atoms with Crippen molar-refractivity contribution in [1.29, 1.82) is 0 Å². The van der Waals surface area contributed by atoms with Gasteiger partial charge in [0.25, 0.3) is 0 Å². The summed E-state index contributed by atoms with van der Waals surface area (Å²) in [6.45, 7) is 2.25. The van der Waals surface area contributed by atoms with E-state index >= 15 is 0 Å². The molecule has 2 aromatic rings. The maximum Gasteiger partial charge on any atom is 0.134 e. The van der Waals surface area contributed by atoms with Gasteiger partial charge in [-0.15, -0.1) is 0 Å². The highest BCUT2D eigenvalue weighted by atomic mass is 35.5. The zero-order chi connectivity index (χ0) is 19.9. The van der Waals surface area contributed by atoms with E-state index in [1.54, 1.807) is 24.3 Å². The molecule has 0 aromatic heterocycles. The summed E-state index contributed by atoms with van der Waals surface area (Å²) in [6, 6.07) is 9.63. The maximum absolute atomic E-state index is 14.6. The molecule has 0 aliphatic heterocycles. The molecule has 0 amide bonds. The maximum atomic E-state index is 14.6. The molecule has 0 N–H and O–H groups in total. The lowest BCUT2D eigenvalue weighted by molar-refractivity contribution is 0.249. The molecule has 3 rings (SSSR count). The summed E-state index contributed by atoms with van der Waals surface area (Å²) in [4.78, 5) is 0. The van der Waals surface area contributed by atoms with Crippen LogP contribution in [0.25, 0.3) is 11.1 Å². The fourth-order valence-electron chi connectivity index (χ4n) is 4.52. The fraction of sp³-hybridized carbons (Fsp3) is 0.520. The van der Waals surface area contributed by atoms with Crippen LogP contribution in [0.5, 0.6) is 0 Å². The molecule has 0 unspecified atom stereocenters. The van der Waals surface area contributed by atoms with Crippen LogP contribution >= 0.6 is 11.6 Å². The first-order chi connectivity index (χ1) is 13.6. The number of halogens is 3. The summed E-state index contributed by atoms with van der Waals surface area (Å²) < 4.78 is 29.2. The molecule has 2 aromatic carbocycles. The summed E-state index contributed by atoms with van der Waals surface area (Å²) in [5, 5.41) is 0.557. The monoisotopic (exact) mass is 404 g/mol. The molecule has 1 saturated carbocycles. The first-order valence-corrected chi connectivity index (χ1v) is 11.2. The highest BCUT2D eigenvalue weighted by Gasteiger charge is 2.21. The molecule has 0 saturated heterocycles. The highest BCUT2D eigenvalue weighted by Crippen LogP contribution is 2.35. The lowest BCUT2D eigenvalue weighted by Crippen LogP contribution is -2.15. The average molecular weight is 405 g/mol. The van der Waals surface area contributed by atoms with Crippen molar-refractivity contribution in [3.8, 4) is 11.1 Å². The minimum atomic E-state index is -0.489. The van der Waals surface area contributed by atoms with E-state index in [0.29, 0.717) is 16.5 Å². The predicted octanol–water partition coefficient (Wildman–Crippen LogP) is 8.60. The van der Waals surface area contributed by atoms with Crippen molar-refractivity contribution in [3.63, 3.8) is 0 Å². The van der Waals surface area contributed by atoms with E-state index < -0.39 is 11.6 Å². The molecule has 3 heteroatoms. The van der Waals surface area contributed by atoms with Gasteiger partial charge in [-0.05, 0) is 60.1 Å². The minimum Gasteiger partial charge on any atom is -0.206 e. The lowest BCUT2D eigenvalue weighted by Gasteiger charge is -2.28. The van der Waals surface area contributed by atoms with Gasteiger partial charge in [-0.2, -0.15) is 0 Å². The van der Waals surface area contributed by atoms with Crippen LogP contribution in [0.15, 0.2) is 36.4 Å². The van der Waals surface area contributed by atoms with Crippen LogP contribution in [0.2, 0.25) is 5.02 Å². The van der Waals surface area contributed by atoms with Gasteiger partial charge in [0.15, 0.2) is 0 Å². The molecule has 0 radical (unpaired) electrons. The van der Waals surface area contributed by atoms with Crippen LogP contribution in [0.1, 0.15) is 70.3 Å². The third kappa shape index (κ3) is 5.80. The smallest absolute Gasteiger partial charge is 0.134 e. The highest BCUT2D eigenvalue weighted by molar-refractivity contribution is 6.30. The summed E-state index contributed by atoms with van der Waals surface area (Å²) >= 11 is 5.87. The lowest BCUT2D eigenvalue weighted by atomic mass is 9.77. The van der Waals surface area contributed by atoms with Crippen LogP contribution in [-0.4, -0.2) is 0 Å². The number of hydrogen-bond acceptors (Lipinski definition) is 0. The van der Waals surface area contributed by atoms with E-state index in [-0.39, 0.29) is 5.56 Å². The van der Waals surface area contributed by atoms with E-state index in [1.165, 1.54) is 63.5 Å². The van der Waals surface area contributed by atoms with Crippen LogP contribution in [0.3, 0.4) is 0 Å². The van der Waals surface area contributed by atoms with Gasteiger partial charge >= 0.3 is 0 Å². The number of rotatable bonds is 8. The van der Waals surface area contributed by atoms with Gasteiger partial charge in [0, 0.05) is 5.02 Å². The normalized spacial score (nSPS) is 19.7. The van der Waals surface area contributed by atoms with Gasteiger partial charge in [0.1, 0.15) is 11.6 Å². The Kier molecular flexibility index (Phi) is 7.91. The molecule has 0 heterocycles. The van der Waals surface area contributed by atoms with Gasteiger partial charge in [0.2, 0.25) is 0 Å². The second-order valence-electron chi connectivity index (χ2n) is 8.36. The first-order valence-electron chi connectivity index (χ1n) is 10.8. The Morgan fingerprint density at radius 3 is 2.00 bits per heavy atom. The second kappa shape index (κ2) is 10.4. The number of unbranched alkanes of at least 4 members (excludes halogenated alkanes) is 2. The zero-order valence-corrected chi connectivity index (χ0v) is 17.6. The summed E-state index contributed by atoms with van der Waals surface area (Å²) in [6.07, 6.45) is 12.4. The fourth-order valence-corrected chi connectivity index (χ4v) is 4.65. The van der Waals surface area contributed by atoms with Crippen molar-refractivity contribution < 1.29 is 8.78 Å². The van der Waals surface area contributed by atoms with E-state index in [9.17, 15) is 8.78 Å². The minimum absolute atomic E-state index is 0.0352. The molecule has 0 nitrogen and oxygen atoms in total. The molecular formula is C25H31ClF2. The SMILES string of the molecule is CCCCCC1CCC(CCc2cc(F)c(-c3ccc(Cl)cc3)c(F)c2)CC1. The summed E-state index contributed by atoms with van der Waals surface area (Å²) in [7, 11) is 0. The van der Waals surface area contributed by atoms with Crippen molar-refractivity contribution in [3.05, 3.63) is 58.6 Å². The van der Waals surface area contributed by atoms with Crippen molar-refractivity contribution >= 4 is 11.6 Å². The van der Waals surface area contributed by atoms with Crippen LogP contribution < -0.4 is 0 Å². The van der Waals surface area contributed by atoms with Crippen LogP contribution in [0, 0.1) is 23.5 Å². The molecule has 1 aliphatic carbocycles. The number of aryl methyl sites for hydroxylation is 1. The quantitative estimate of drug-likeness (QED) is 0.386. The van der Waals surface area contributed by atoms with Crippen molar-refractivity contribution in [2.24, 2.45) is 11.8 Å². The topological polar surface area (TPSA) is 0 Å². The van der Waals surface area contributed by atoms with E-state index in [2.05, 4.69) is 6.92 Å². The van der Waals surface area contributed by atoms with Gasteiger partial charge in [0.05, 0.1) is 5.56 Å². The van der Waals surface area contributed by atoms with E-state index in [1.807, 2.05) is 0 Å². The number of hydrogen-bond donors (Lipinski definition) is 0.